The number of pyridine rings is 2. The van der Waals surface area contributed by atoms with Crippen molar-refractivity contribution < 1.29 is 27.8 Å². The van der Waals surface area contributed by atoms with E-state index < -0.39 is 17.7 Å². The average Bonchev–Trinajstić information content (AvgIpc) is 2.60. The van der Waals surface area contributed by atoms with Crippen LogP contribution >= 0.6 is 0 Å². The average molecular weight is 348 g/mol. The van der Waals surface area contributed by atoms with Gasteiger partial charge in [0.05, 0.1) is 30.1 Å². The number of alkyl halides is 3. The second kappa shape index (κ2) is 6.04. The number of hydrogen-bond acceptors (Lipinski definition) is 5. The molecular weight excluding hydrogens is 337 g/mol. The molecule has 0 aliphatic carbocycles. The Morgan fingerprint density at radius 2 is 1.80 bits per heavy atom. The first-order chi connectivity index (χ1) is 11.8. The van der Waals surface area contributed by atoms with Gasteiger partial charge in [-0.15, -0.1) is 0 Å². The molecule has 2 heterocycles. The summed E-state index contributed by atoms with van der Waals surface area (Å²) in [6.07, 6.45) is -3.12. The minimum atomic E-state index is -4.41. The molecule has 0 saturated heterocycles. The van der Waals surface area contributed by atoms with Crippen molar-refractivity contribution in [2.75, 3.05) is 7.11 Å². The molecule has 0 unspecified atom stereocenters. The summed E-state index contributed by atoms with van der Waals surface area (Å²) >= 11 is 0. The third-order valence-electron chi connectivity index (χ3n) is 3.61. The highest BCUT2D eigenvalue weighted by molar-refractivity contribution is 5.98. The highest BCUT2D eigenvalue weighted by Gasteiger charge is 2.30. The van der Waals surface area contributed by atoms with Gasteiger partial charge in [-0.2, -0.15) is 13.2 Å². The van der Waals surface area contributed by atoms with E-state index in [4.69, 9.17) is 0 Å². The quantitative estimate of drug-likeness (QED) is 0.713. The summed E-state index contributed by atoms with van der Waals surface area (Å²) in [7, 11) is 1.17. The lowest BCUT2D eigenvalue weighted by molar-refractivity contribution is -0.137. The Labute approximate surface area is 139 Å². The SMILES string of the molecule is COC(=O)c1ncc2nc(-c3ccc(C(F)(F)F)cc3)ccc2c1O. The zero-order chi connectivity index (χ0) is 18.2. The van der Waals surface area contributed by atoms with Gasteiger partial charge in [-0.3, -0.25) is 0 Å². The van der Waals surface area contributed by atoms with Crippen LogP contribution in [0.25, 0.3) is 22.2 Å². The predicted octanol–water partition coefficient (Wildman–Crippen LogP) is 3.81. The van der Waals surface area contributed by atoms with E-state index >= 15 is 0 Å². The van der Waals surface area contributed by atoms with Crippen molar-refractivity contribution in [3.05, 3.63) is 53.9 Å². The summed E-state index contributed by atoms with van der Waals surface area (Å²) in [6.45, 7) is 0. The van der Waals surface area contributed by atoms with Gasteiger partial charge in [0.15, 0.2) is 11.4 Å². The fourth-order valence-electron chi connectivity index (χ4n) is 2.32. The van der Waals surface area contributed by atoms with Crippen molar-refractivity contribution in [2.24, 2.45) is 0 Å². The Morgan fingerprint density at radius 1 is 1.12 bits per heavy atom. The van der Waals surface area contributed by atoms with Crippen LogP contribution in [0.2, 0.25) is 0 Å². The molecule has 0 radical (unpaired) electrons. The molecule has 0 bridgehead atoms. The molecule has 1 N–H and O–H groups in total. The van der Waals surface area contributed by atoms with Gasteiger partial charge in [0.25, 0.3) is 0 Å². The van der Waals surface area contributed by atoms with Crippen molar-refractivity contribution in [1.29, 1.82) is 0 Å². The van der Waals surface area contributed by atoms with Gasteiger partial charge >= 0.3 is 12.1 Å². The smallest absolute Gasteiger partial charge is 0.416 e. The third-order valence-corrected chi connectivity index (χ3v) is 3.61. The van der Waals surface area contributed by atoms with Gasteiger partial charge in [0.2, 0.25) is 0 Å². The molecule has 0 aliphatic heterocycles. The van der Waals surface area contributed by atoms with E-state index in [1.807, 2.05) is 0 Å². The molecule has 0 saturated carbocycles. The molecule has 3 aromatic rings. The lowest BCUT2D eigenvalue weighted by atomic mass is 10.1. The van der Waals surface area contributed by atoms with E-state index in [1.54, 1.807) is 0 Å². The van der Waals surface area contributed by atoms with Gasteiger partial charge in [0.1, 0.15) is 0 Å². The molecule has 0 amide bonds. The van der Waals surface area contributed by atoms with E-state index in [1.165, 1.54) is 37.6 Å². The van der Waals surface area contributed by atoms with E-state index in [0.29, 0.717) is 16.8 Å². The molecule has 128 valence electrons. The monoisotopic (exact) mass is 348 g/mol. The lowest BCUT2D eigenvalue weighted by Gasteiger charge is -2.09. The van der Waals surface area contributed by atoms with Crippen LogP contribution in [0.15, 0.2) is 42.6 Å². The first-order valence-electron chi connectivity index (χ1n) is 7.06. The van der Waals surface area contributed by atoms with Gasteiger partial charge in [-0.05, 0) is 24.3 Å². The Hall–Kier alpha value is -3.16. The van der Waals surface area contributed by atoms with Gasteiger partial charge in [0, 0.05) is 10.9 Å². The number of carbonyl (C=O) groups excluding carboxylic acids is 1. The molecule has 0 fully saturated rings. The maximum Gasteiger partial charge on any atom is 0.416 e. The number of methoxy groups -OCH3 is 1. The summed E-state index contributed by atoms with van der Waals surface area (Å²) < 4.78 is 42.4. The Morgan fingerprint density at radius 3 is 2.40 bits per heavy atom. The van der Waals surface area contributed by atoms with E-state index in [0.717, 1.165) is 12.1 Å². The van der Waals surface area contributed by atoms with Crippen LogP contribution < -0.4 is 0 Å². The first-order valence-corrected chi connectivity index (χ1v) is 7.06. The van der Waals surface area contributed by atoms with Crippen molar-refractivity contribution >= 4 is 16.9 Å². The number of fused-ring (bicyclic) bond motifs is 1. The largest absolute Gasteiger partial charge is 0.505 e. The summed E-state index contributed by atoms with van der Waals surface area (Å²) in [5.41, 5.74) is 0.195. The molecule has 1 aromatic carbocycles. The van der Waals surface area contributed by atoms with Crippen LogP contribution in [0.3, 0.4) is 0 Å². The number of aromatic nitrogens is 2. The fourth-order valence-corrected chi connectivity index (χ4v) is 2.32. The van der Waals surface area contributed by atoms with Crippen LogP contribution in [0.4, 0.5) is 13.2 Å². The summed E-state index contributed by atoms with van der Waals surface area (Å²) in [5.74, 6) is -1.15. The maximum atomic E-state index is 12.6. The molecule has 2 aromatic heterocycles. The van der Waals surface area contributed by atoms with Crippen LogP contribution in [-0.2, 0) is 10.9 Å². The molecule has 25 heavy (non-hydrogen) atoms. The van der Waals surface area contributed by atoms with Crippen LogP contribution in [0.1, 0.15) is 16.1 Å². The number of hydrogen-bond donors (Lipinski definition) is 1. The van der Waals surface area contributed by atoms with Crippen molar-refractivity contribution in [3.8, 4) is 17.0 Å². The molecule has 0 spiro atoms. The number of rotatable bonds is 2. The molecule has 5 nitrogen and oxygen atoms in total. The summed E-state index contributed by atoms with van der Waals surface area (Å²) in [6, 6.07) is 7.61. The van der Waals surface area contributed by atoms with E-state index in [9.17, 15) is 23.1 Å². The van der Waals surface area contributed by atoms with Gasteiger partial charge in [-0.1, -0.05) is 12.1 Å². The van der Waals surface area contributed by atoms with Crippen LogP contribution in [0.5, 0.6) is 5.75 Å². The normalized spacial score (nSPS) is 11.5. The molecule has 0 atom stereocenters. The number of esters is 1. The maximum absolute atomic E-state index is 12.6. The zero-order valence-electron chi connectivity index (χ0n) is 12.8. The highest BCUT2D eigenvalue weighted by Crippen LogP contribution is 2.32. The molecule has 3 rings (SSSR count). The lowest BCUT2D eigenvalue weighted by Crippen LogP contribution is -2.05. The molecular formula is C17H11F3N2O3. The second-order valence-electron chi connectivity index (χ2n) is 5.15. The minimum absolute atomic E-state index is 0.237. The second-order valence-corrected chi connectivity index (χ2v) is 5.15. The topological polar surface area (TPSA) is 72.3 Å². The summed E-state index contributed by atoms with van der Waals surface area (Å²) in [4.78, 5) is 19.6. The number of aromatic hydroxyl groups is 1. The number of benzene rings is 1. The van der Waals surface area contributed by atoms with Crippen molar-refractivity contribution in [1.82, 2.24) is 9.97 Å². The standard InChI is InChI=1S/C17H11F3N2O3/c1-25-16(24)14-15(23)11-6-7-12(22-13(11)8-21-14)9-2-4-10(5-3-9)17(18,19)20/h2-8,23H,1H3. The third kappa shape index (κ3) is 3.10. The zero-order valence-corrected chi connectivity index (χ0v) is 12.8. The Kier molecular flexibility index (Phi) is 4.03. The first kappa shape index (κ1) is 16.7. The van der Waals surface area contributed by atoms with E-state index in [2.05, 4.69) is 14.7 Å². The van der Waals surface area contributed by atoms with Crippen molar-refractivity contribution in [2.45, 2.75) is 6.18 Å². The fraction of sp³-hybridized carbons (Fsp3) is 0.118. The van der Waals surface area contributed by atoms with Crippen LogP contribution in [0, 0.1) is 0 Å². The number of ether oxygens (including phenoxy) is 1. The van der Waals surface area contributed by atoms with Gasteiger partial charge in [-0.25, -0.2) is 14.8 Å². The van der Waals surface area contributed by atoms with Crippen LogP contribution in [-0.4, -0.2) is 28.2 Å². The van der Waals surface area contributed by atoms with E-state index in [-0.39, 0.29) is 16.8 Å². The highest BCUT2D eigenvalue weighted by atomic mass is 19.4. The van der Waals surface area contributed by atoms with Crippen molar-refractivity contribution in [3.63, 3.8) is 0 Å². The minimum Gasteiger partial charge on any atom is -0.505 e. The number of halogens is 3. The summed E-state index contributed by atoms with van der Waals surface area (Å²) in [5, 5.41) is 10.4. The Bertz CT molecular complexity index is 954. The molecule has 0 aliphatic rings. The number of nitrogens with zero attached hydrogens (tertiary/aromatic N) is 2. The Balaban J connectivity index is 2.03. The van der Waals surface area contributed by atoms with Gasteiger partial charge < -0.3 is 9.84 Å². The predicted molar refractivity (Wildman–Crippen MR) is 83.0 cm³/mol. The molecule has 8 heteroatoms. The number of carbonyl (C=O) groups is 1.